The molecule has 0 atom stereocenters. The number of piperidine rings is 1. The van der Waals surface area contributed by atoms with Gasteiger partial charge in [-0.25, -0.2) is 0 Å². The molecule has 0 spiro atoms. The van der Waals surface area contributed by atoms with Gasteiger partial charge in [0.05, 0.1) is 5.56 Å². The Labute approximate surface area is 153 Å². The number of aryl methyl sites for hydroxylation is 1. The SMILES string of the molecule is Cc1ccc(OCC(=O)N2CCC(NC(=O)c3cccnc3)CC2)cc1. The number of aromatic nitrogens is 1. The zero-order valence-corrected chi connectivity index (χ0v) is 14.9. The molecule has 2 heterocycles. The van der Waals surface area contributed by atoms with Crippen LogP contribution in [0.1, 0.15) is 28.8 Å². The van der Waals surface area contributed by atoms with E-state index in [4.69, 9.17) is 4.74 Å². The summed E-state index contributed by atoms with van der Waals surface area (Å²) in [5, 5.41) is 3.01. The second kappa shape index (κ2) is 8.47. The molecule has 1 aromatic heterocycles. The predicted molar refractivity (Wildman–Crippen MR) is 98.0 cm³/mol. The summed E-state index contributed by atoms with van der Waals surface area (Å²) in [4.78, 5) is 30.2. The molecule has 26 heavy (non-hydrogen) atoms. The number of likely N-dealkylation sites (tertiary alicyclic amines) is 1. The van der Waals surface area contributed by atoms with Crippen molar-refractivity contribution < 1.29 is 14.3 Å². The number of nitrogens with zero attached hydrogens (tertiary/aromatic N) is 2. The smallest absolute Gasteiger partial charge is 0.260 e. The minimum absolute atomic E-state index is 0.0254. The van der Waals surface area contributed by atoms with Gasteiger partial charge >= 0.3 is 0 Å². The van der Waals surface area contributed by atoms with Gasteiger partial charge in [0, 0.05) is 31.5 Å². The van der Waals surface area contributed by atoms with Crippen LogP contribution in [0.3, 0.4) is 0 Å². The van der Waals surface area contributed by atoms with Gasteiger partial charge in [0.2, 0.25) is 0 Å². The highest BCUT2D eigenvalue weighted by Crippen LogP contribution is 2.14. The average molecular weight is 353 g/mol. The van der Waals surface area contributed by atoms with Crippen molar-refractivity contribution in [1.29, 1.82) is 0 Å². The molecule has 0 aliphatic carbocycles. The van der Waals surface area contributed by atoms with Crippen molar-refractivity contribution >= 4 is 11.8 Å². The zero-order chi connectivity index (χ0) is 18.4. The molecule has 1 aliphatic heterocycles. The van der Waals surface area contributed by atoms with Gasteiger partial charge in [-0.05, 0) is 44.0 Å². The number of hydrogen-bond acceptors (Lipinski definition) is 4. The lowest BCUT2D eigenvalue weighted by Crippen LogP contribution is -2.47. The van der Waals surface area contributed by atoms with Crippen LogP contribution in [0, 0.1) is 6.92 Å². The van der Waals surface area contributed by atoms with Crippen molar-refractivity contribution in [2.75, 3.05) is 19.7 Å². The highest BCUT2D eigenvalue weighted by atomic mass is 16.5. The van der Waals surface area contributed by atoms with Crippen LogP contribution < -0.4 is 10.1 Å². The highest BCUT2D eigenvalue weighted by Gasteiger charge is 2.24. The fourth-order valence-corrected chi connectivity index (χ4v) is 2.91. The third-order valence-electron chi connectivity index (χ3n) is 4.49. The van der Waals surface area contributed by atoms with E-state index in [1.54, 1.807) is 29.4 Å². The molecule has 6 heteroatoms. The Balaban J connectivity index is 1.42. The summed E-state index contributed by atoms with van der Waals surface area (Å²) in [5.74, 6) is 0.552. The maximum absolute atomic E-state index is 12.3. The maximum atomic E-state index is 12.3. The minimum Gasteiger partial charge on any atom is -0.484 e. The summed E-state index contributed by atoms with van der Waals surface area (Å²) >= 11 is 0. The fourth-order valence-electron chi connectivity index (χ4n) is 2.91. The normalized spacial score (nSPS) is 14.7. The lowest BCUT2D eigenvalue weighted by atomic mass is 10.0. The lowest BCUT2D eigenvalue weighted by Gasteiger charge is -2.32. The number of nitrogens with one attached hydrogen (secondary N) is 1. The van der Waals surface area contributed by atoms with Gasteiger partial charge in [-0.2, -0.15) is 0 Å². The van der Waals surface area contributed by atoms with E-state index in [1.165, 1.54) is 0 Å². The average Bonchev–Trinajstić information content (AvgIpc) is 2.68. The quantitative estimate of drug-likeness (QED) is 0.894. The fraction of sp³-hybridized carbons (Fsp3) is 0.350. The van der Waals surface area contributed by atoms with Crippen molar-refractivity contribution in [2.24, 2.45) is 0 Å². The third kappa shape index (κ3) is 4.81. The second-order valence-electron chi connectivity index (χ2n) is 6.47. The van der Waals surface area contributed by atoms with E-state index in [1.807, 2.05) is 31.2 Å². The van der Waals surface area contributed by atoms with E-state index in [0.29, 0.717) is 24.4 Å². The molecule has 1 aliphatic rings. The number of carbonyl (C=O) groups excluding carboxylic acids is 2. The topological polar surface area (TPSA) is 71.5 Å². The molecule has 3 rings (SSSR count). The molecule has 2 aromatic rings. The van der Waals surface area contributed by atoms with Crippen LogP contribution in [0.4, 0.5) is 0 Å². The van der Waals surface area contributed by atoms with Gasteiger partial charge in [-0.1, -0.05) is 17.7 Å². The van der Waals surface area contributed by atoms with E-state index in [0.717, 1.165) is 18.4 Å². The zero-order valence-electron chi connectivity index (χ0n) is 14.9. The largest absolute Gasteiger partial charge is 0.484 e. The number of rotatable bonds is 5. The maximum Gasteiger partial charge on any atom is 0.260 e. The summed E-state index contributed by atoms with van der Waals surface area (Å²) in [6.07, 6.45) is 4.67. The monoisotopic (exact) mass is 353 g/mol. The number of hydrogen-bond donors (Lipinski definition) is 1. The van der Waals surface area contributed by atoms with E-state index in [2.05, 4.69) is 10.3 Å². The Kier molecular flexibility index (Phi) is 5.84. The van der Waals surface area contributed by atoms with E-state index in [-0.39, 0.29) is 24.5 Å². The van der Waals surface area contributed by atoms with Crippen LogP contribution in [-0.2, 0) is 4.79 Å². The van der Waals surface area contributed by atoms with Crippen LogP contribution in [-0.4, -0.2) is 47.4 Å². The summed E-state index contributed by atoms with van der Waals surface area (Å²) in [6.45, 7) is 3.28. The summed E-state index contributed by atoms with van der Waals surface area (Å²) in [5.41, 5.74) is 1.71. The lowest BCUT2D eigenvalue weighted by molar-refractivity contribution is -0.134. The van der Waals surface area contributed by atoms with Gasteiger partial charge in [0.25, 0.3) is 11.8 Å². The van der Waals surface area contributed by atoms with Crippen LogP contribution in [0.25, 0.3) is 0 Å². The first-order valence-corrected chi connectivity index (χ1v) is 8.80. The number of ether oxygens (including phenoxy) is 1. The van der Waals surface area contributed by atoms with Crippen molar-refractivity contribution in [2.45, 2.75) is 25.8 Å². The molecule has 0 bridgehead atoms. The van der Waals surface area contributed by atoms with Crippen molar-refractivity contribution in [3.8, 4) is 5.75 Å². The summed E-state index contributed by atoms with van der Waals surface area (Å²) in [6, 6.07) is 11.2. The molecule has 6 nitrogen and oxygen atoms in total. The Morgan fingerprint density at radius 3 is 2.58 bits per heavy atom. The third-order valence-corrected chi connectivity index (χ3v) is 4.49. The summed E-state index contributed by atoms with van der Waals surface area (Å²) < 4.78 is 5.56. The van der Waals surface area contributed by atoms with Gasteiger partial charge in [-0.3, -0.25) is 14.6 Å². The molecule has 0 radical (unpaired) electrons. The molecule has 0 saturated carbocycles. The van der Waals surface area contributed by atoms with Crippen molar-refractivity contribution in [1.82, 2.24) is 15.2 Å². The molecular weight excluding hydrogens is 330 g/mol. The second-order valence-corrected chi connectivity index (χ2v) is 6.47. The van der Waals surface area contributed by atoms with Crippen LogP contribution in [0.15, 0.2) is 48.8 Å². The number of carbonyl (C=O) groups is 2. The Morgan fingerprint density at radius 2 is 1.92 bits per heavy atom. The number of pyridine rings is 1. The molecule has 1 aromatic carbocycles. The van der Waals surface area contributed by atoms with E-state index in [9.17, 15) is 9.59 Å². The molecule has 136 valence electrons. The molecule has 1 saturated heterocycles. The number of benzene rings is 1. The van der Waals surface area contributed by atoms with Gasteiger partial charge in [-0.15, -0.1) is 0 Å². The molecule has 1 N–H and O–H groups in total. The number of amides is 2. The Bertz CT molecular complexity index is 739. The molecule has 0 unspecified atom stereocenters. The van der Waals surface area contributed by atoms with Crippen LogP contribution in [0.5, 0.6) is 5.75 Å². The predicted octanol–water partition coefficient (Wildman–Crippen LogP) is 2.19. The first kappa shape index (κ1) is 17.9. The Morgan fingerprint density at radius 1 is 1.19 bits per heavy atom. The first-order chi connectivity index (χ1) is 12.6. The van der Waals surface area contributed by atoms with Gasteiger partial charge < -0.3 is 15.0 Å². The van der Waals surface area contributed by atoms with E-state index >= 15 is 0 Å². The van der Waals surface area contributed by atoms with Gasteiger partial charge in [0.1, 0.15) is 5.75 Å². The molecule has 1 fully saturated rings. The molecule has 2 amide bonds. The summed E-state index contributed by atoms with van der Waals surface area (Å²) in [7, 11) is 0. The highest BCUT2D eigenvalue weighted by molar-refractivity contribution is 5.94. The first-order valence-electron chi connectivity index (χ1n) is 8.80. The molecular formula is C20H23N3O3. The van der Waals surface area contributed by atoms with Crippen LogP contribution in [0.2, 0.25) is 0 Å². The standard InChI is InChI=1S/C20H23N3O3/c1-15-4-6-18(7-5-15)26-14-19(24)23-11-8-17(9-12-23)22-20(25)16-3-2-10-21-13-16/h2-7,10,13,17H,8-9,11-12,14H2,1H3,(H,22,25). The minimum atomic E-state index is -0.120. The van der Waals surface area contributed by atoms with Crippen LogP contribution >= 0.6 is 0 Å². The van der Waals surface area contributed by atoms with Crippen molar-refractivity contribution in [3.05, 3.63) is 59.9 Å². The van der Waals surface area contributed by atoms with E-state index < -0.39 is 0 Å². The van der Waals surface area contributed by atoms with Gasteiger partial charge in [0.15, 0.2) is 6.61 Å². The van der Waals surface area contributed by atoms with Crippen molar-refractivity contribution in [3.63, 3.8) is 0 Å². The Hall–Kier alpha value is -2.89.